The highest BCUT2D eigenvalue weighted by atomic mass is 16.4. The maximum atomic E-state index is 12.0. The summed E-state index contributed by atoms with van der Waals surface area (Å²) in [4.78, 5) is 14.1. The maximum Gasteiger partial charge on any atom is 0.339 e. The van der Waals surface area contributed by atoms with Gasteiger partial charge in [-0.15, -0.1) is 0 Å². The Morgan fingerprint density at radius 3 is 2.74 bits per heavy atom. The number of aryl methyl sites for hydroxylation is 1. The Kier molecular flexibility index (Phi) is 3.90. The first-order chi connectivity index (χ1) is 8.99. The Morgan fingerprint density at radius 1 is 1.32 bits per heavy atom. The van der Waals surface area contributed by atoms with Crippen molar-refractivity contribution in [2.24, 2.45) is 0 Å². The molecule has 0 bridgehead atoms. The fourth-order valence-electron chi connectivity index (χ4n) is 2.24. The zero-order chi connectivity index (χ0) is 14.0. The SMILES string of the molecule is Cc1c(CCCN(C)C)c(=O)oc2cc(O)ccc12. The van der Waals surface area contributed by atoms with Gasteiger partial charge in [0, 0.05) is 17.0 Å². The van der Waals surface area contributed by atoms with E-state index in [-0.39, 0.29) is 11.4 Å². The Balaban J connectivity index is 2.39. The Morgan fingerprint density at radius 2 is 2.05 bits per heavy atom. The number of hydrogen-bond acceptors (Lipinski definition) is 4. The lowest BCUT2D eigenvalue weighted by molar-refractivity contribution is 0.398. The number of phenols is 1. The summed E-state index contributed by atoms with van der Waals surface area (Å²) in [6.07, 6.45) is 1.63. The molecule has 102 valence electrons. The van der Waals surface area contributed by atoms with Crippen LogP contribution in [-0.4, -0.2) is 30.6 Å². The number of rotatable bonds is 4. The fourth-order valence-corrected chi connectivity index (χ4v) is 2.24. The van der Waals surface area contributed by atoms with E-state index >= 15 is 0 Å². The van der Waals surface area contributed by atoms with Gasteiger partial charge in [0.25, 0.3) is 0 Å². The van der Waals surface area contributed by atoms with Gasteiger partial charge >= 0.3 is 5.63 Å². The summed E-state index contributed by atoms with van der Waals surface area (Å²) < 4.78 is 5.28. The van der Waals surface area contributed by atoms with Gasteiger partial charge in [-0.25, -0.2) is 4.79 Å². The lowest BCUT2D eigenvalue weighted by Gasteiger charge is -2.10. The first-order valence-corrected chi connectivity index (χ1v) is 6.39. The van der Waals surface area contributed by atoms with Gasteiger partial charge in [-0.3, -0.25) is 0 Å². The summed E-state index contributed by atoms with van der Waals surface area (Å²) in [5, 5.41) is 10.3. The first-order valence-electron chi connectivity index (χ1n) is 6.39. The number of aromatic hydroxyl groups is 1. The number of fused-ring (bicyclic) bond motifs is 1. The monoisotopic (exact) mass is 261 g/mol. The van der Waals surface area contributed by atoms with Crippen molar-refractivity contribution in [1.82, 2.24) is 4.90 Å². The normalized spacial score (nSPS) is 11.4. The fraction of sp³-hybridized carbons (Fsp3) is 0.400. The van der Waals surface area contributed by atoms with Gasteiger partial charge in [-0.05, 0) is 58.1 Å². The minimum atomic E-state index is -0.297. The molecule has 0 aliphatic carbocycles. The molecule has 0 aliphatic rings. The predicted molar refractivity (Wildman–Crippen MR) is 75.8 cm³/mol. The molecular weight excluding hydrogens is 242 g/mol. The van der Waals surface area contributed by atoms with Crippen molar-refractivity contribution in [2.45, 2.75) is 19.8 Å². The van der Waals surface area contributed by atoms with Gasteiger partial charge < -0.3 is 14.4 Å². The molecule has 1 heterocycles. The third-order valence-corrected chi connectivity index (χ3v) is 3.30. The van der Waals surface area contributed by atoms with Crippen molar-refractivity contribution in [3.63, 3.8) is 0 Å². The molecule has 0 unspecified atom stereocenters. The molecule has 0 fully saturated rings. The van der Waals surface area contributed by atoms with Crippen molar-refractivity contribution in [3.8, 4) is 5.75 Å². The molecular formula is C15H19NO3. The molecule has 0 radical (unpaired) electrons. The van der Waals surface area contributed by atoms with Crippen LogP contribution in [0.1, 0.15) is 17.5 Å². The molecule has 0 aliphatic heterocycles. The summed E-state index contributed by atoms with van der Waals surface area (Å²) in [5.41, 5.74) is 1.83. The van der Waals surface area contributed by atoms with Crippen LogP contribution in [0.25, 0.3) is 11.0 Å². The molecule has 1 aromatic carbocycles. The topological polar surface area (TPSA) is 53.7 Å². The molecule has 1 N–H and O–H groups in total. The average Bonchev–Trinajstić information content (AvgIpc) is 2.32. The van der Waals surface area contributed by atoms with Crippen molar-refractivity contribution >= 4 is 11.0 Å². The Bertz CT molecular complexity index is 644. The second-order valence-electron chi connectivity index (χ2n) is 5.08. The van der Waals surface area contributed by atoms with Gasteiger partial charge in [-0.1, -0.05) is 0 Å². The van der Waals surface area contributed by atoms with E-state index in [1.807, 2.05) is 21.0 Å². The second-order valence-corrected chi connectivity index (χ2v) is 5.08. The molecule has 0 saturated heterocycles. The van der Waals surface area contributed by atoms with Crippen LogP contribution in [0.3, 0.4) is 0 Å². The van der Waals surface area contributed by atoms with E-state index in [4.69, 9.17) is 4.42 Å². The van der Waals surface area contributed by atoms with Crippen LogP contribution in [-0.2, 0) is 6.42 Å². The second kappa shape index (κ2) is 5.45. The van der Waals surface area contributed by atoms with E-state index in [0.29, 0.717) is 12.0 Å². The van der Waals surface area contributed by atoms with Crippen LogP contribution in [0.4, 0.5) is 0 Å². The van der Waals surface area contributed by atoms with Crippen LogP contribution in [0, 0.1) is 6.92 Å². The van der Waals surface area contributed by atoms with Crippen molar-refractivity contribution in [1.29, 1.82) is 0 Å². The highest BCUT2D eigenvalue weighted by molar-refractivity contribution is 5.82. The van der Waals surface area contributed by atoms with Gasteiger partial charge in [0.2, 0.25) is 0 Å². The number of hydrogen-bond donors (Lipinski definition) is 1. The third kappa shape index (κ3) is 2.96. The van der Waals surface area contributed by atoms with Gasteiger partial charge in [0.05, 0.1) is 0 Å². The minimum absolute atomic E-state index is 0.107. The number of benzene rings is 1. The van der Waals surface area contributed by atoms with Crippen LogP contribution < -0.4 is 5.63 Å². The zero-order valence-electron chi connectivity index (χ0n) is 11.6. The van der Waals surface area contributed by atoms with Crippen LogP contribution in [0.5, 0.6) is 5.75 Å². The molecule has 19 heavy (non-hydrogen) atoms. The lowest BCUT2D eigenvalue weighted by Crippen LogP contribution is -2.16. The van der Waals surface area contributed by atoms with Gasteiger partial charge in [-0.2, -0.15) is 0 Å². The first kappa shape index (κ1) is 13.6. The molecule has 0 spiro atoms. The summed E-state index contributed by atoms with van der Waals surface area (Å²) in [5.74, 6) is 0.107. The zero-order valence-corrected chi connectivity index (χ0v) is 11.6. The van der Waals surface area contributed by atoms with Crippen LogP contribution in [0.15, 0.2) is 27.4 Å². The largest absolute Gasteiger partial charge is 0.508 e. The minimum Gasteiger partial charge on any atom is -0.508 e. The standard InChI is InChI=1S/C15H19NO3/c1-10-12-7-6-11(17)9-14(12)19-15(18)13(10)5-4-8-16(2)3/h6-7,9,17H,4-5,8H2,1-3H3. The Hall–Kier alpha value is -1.81. The van der Waals surface area contributed by atoms with E-state index in [9.17, 15) is 9.90 Å². The molecule has 2 aromatic rings. The average molecular weight is 261 g/mol. The van der Waals surface area contributed by atoms with Crippen molar-refractivity contribution < 1.29 is 9.52 Å². The predicted octanol–water partition coefficient (Wildman–Crippen LogP) is 2.30. The van der Waals surface area contributed by atoms with Crippen LogP contribution in [0.2, 0.25) is 0 Å². The molecule has 4 heteroatoms. The van der Waals surface area contributed by atoms with Gasteiger partial charge in [0.1, 0.15) is 11.3 Å². The molecule has 0 saturated carbocycles. The maximum absolute atomic E-state index is 12.0. The molecule has 2 rings (SSSR count). The Labute approximate surface area is 112 Å². The highest BCUT2D eigenvalue weighted by Crippen LogP contribution is 2.23. The third-order valence-electron chi connectivity index (χ3n) is 3.30. The summed E-state index contributed by atoms with van der Waals surface area (Å²) in [7, 11) is 4.02. The summed E-state index contributed by atoms with van der Waals surface area (Å²) >= 11 is 0. The van der Waals surface area contributed by atoms with E-state index in [0.717, 1.165) is 29.5 Å². The smallest absolute Gasteiger partial charge is 0.339 e. The highest BCUT2D eigenvalue weighted by Gasteiger charge is 2.11. The quantitative estimate of drug-likeness (QED) is 0.858. The lowest BCUT2D eigenvalue weighted by atomic mass is 10.0. The van der Waals surface area contributed by atoms with Gasteiger partial charge in [0.15, 0.2) is 0 Å². The van der Waals surface area contributed by atoms with E-state index in [2.05, 4.69) is 4.90 Å². The molecule has 4 nitrogen and oxygen atoms in total. The number of nitrogens with zero attached hydrogens (tertiary/aromatic N) is 1. The molecule has 0 amide bonds. The van der Waals surface area contributed by atoms with Crippen LogP contribution >= 0.6 is 0 Å². The number of phenolic OH excluding ortho intramolecular Hbond substituents is 1. The van der Waals surface area contributed by atoms with E-state index in [1.54, 1.807) is 12.1 Å². The van der Waals surface area contributed by atoms with Crippen molar-refractivity contribution in [2.75, 3.05) is 20.6 Å². The summed E-state index contributed by atoms with van der Waals surface area (Å²) in [6, 6.07) is 4.88. The van der Waals surface area contributed by atoms with E-state index in [1.165, 1.54) is 6.07 Å². The molecule has 0 atom stereocenters. The summed E-state index contributed by atoms with van der Waals surface area (Å²) in [6.45, 7) is 2.87. The van der Waals surface area contributed by atoms with Crippen molar-refractivity contribution in [3.05, 3.63) is 39.7 Å². The van der Waals surface area contributed by atoms with E-state index < -0.39 is 0 Å². The molecule has 1 aromatic heterocycles.